The molecule has 0 aliphatic carbocycles. The van der Waals surface area contributed by atoms with Crippen LogP contribution < -0.4 is 9.84 Å². The Labute approximate surface area is 149 Å². The molecule has 1 aromatic heterocycles. The molecule has 128 valence electrons. The van der Waals surface area contributed by atoms with Gasteiger partial charge in [0.15, 0.2) is 5.58 Å². The lowest BCUT2D eigenvalue weighted by molar-refractivity contribution is -0.298. The molecule has 3 rings (SSSR count). The van der Waals surface area contributed by atoms with Crippen molar-refractivity contribution in [2.45, 2.75) is 25.2 Å². The Balaban J connectivity index is 1.82. The van der Waals surface area contributed by atoms with Crippen LogP contribution in [0.4, 0.5) is 0 Å². The summed E-state index contributed by atoms with van der Waals surface area (Å²) >= 11 is 0.922. The fraction of sp³-hybridized carbons (Fsp3) is 0.158. The number of carboxylic acid groups (broad SMARTS) is 1. The van der Waals surface area contributed by atoms with Crippen molar-refractivity contribution in [1.82, 2.24) is 4.98 Å². The van der Waals surface area contributed by atoms with Crippen molar-refractivity contribution in [2.75, 3.05) is 0 Å². The predicted octanol–water partition coefficient (Wildman–Crippen LogP) is 3.50. The first-order valence-electron chi connectivity index (χ1n) is 7.74. The maximum atomic E-state index is 11.4. The lowest BCUT2D eigenvalue weighted by Crippen LogP contribution is -2.22. The largest absolute Gasteiger partial charge is 0.544 e. The molecule has 0 saturated heterocycles. The highest BCUT2D eigenvalue weighted by Gasteiger charge is 2.10. The molecule has 0 bridgehead atoms. The number of nitrogens with zero attached hydrogens (tertiary/aromatic N) is 1. The average Bonchev–Trinajstić information content (AvgIpc) is 2.97. The first-order valence-corrected chi connectivity index (χ1v) is 8.56. The van der Waals surface area contributed by atoms with Crippen molar-refractivity contribution in [3.8, 4) is 5.75 Å². The smallest absolute Gasteiger partial charge is 0.261 e. The Morgan fingerprint density at radius 2 is 1.92 bits per heavy atom. The van der Waals surface area contributed by atoms with Crippen LogP contribution in [0, 0.1) is 0 Å². The number of benzene rings is 2. The maximum absolute atomic E-state index is 11.4. The summed E-state index contributed by atoms with van der Waals surface area (Å²) in [7, 11) is 0. The van der Waals surface area contributed by atoms with Gasteiger partial charge < -0.3 is 19.1 Å². The zero-order valence-corrected chi connectivity index (χ0v) is 14.6. The van der Waals surface area contributed by atoms with Gasteiger partial charge in [0.2, 0.25) is 0 Å². The van der Waals surface area contributed by atoms with Crippen molar-refractivity contribution in [3.63, 3.8) is 0 Å². The number of carbonyl (C=O) groups is 1. The molecular formula is C19H16NO4S-. The van der Waals surface area contributed by atoms with Crippen molar-refractivity contribution >= 4 is 34.9 Å². The third-order valence-corrected chi connectivity index (χ3v) is 4.08. The van der Waals surface area contributed by atoms with Crippen LogP contribution in [0.2, 0.25) is 0 Å². The van der Waals surface area contributed by atoms with Crippen LogP contribution in [-0.4, -0.2) is 17.1 Å². The van der Waals surface area contributed by atoms with Gasteiger partial charge >= 0.3 is 0 Å². The summed E-state index contributed by atoms with van der Waals surface area (Å²) in [5, 5.41) is 11.7. The number of ether oxygens (including phenoxy) is 1. The standard InChI is InChI=1S/C19H17NO4S/c1-12(2)23-14-9-7-13(8-10-14)11-17(18(21)22)25-19-20-15-5-3-4-6-16(15)24-19/h3-12H,1-2H3,(H,21,22)/p-1/b17-11+. The van der Waals surface area contributed by atoms with Crippen molar-refractivity contribution in [1.29, 1.82) is 0 Å². The monoisotopic (exact) mass is 354 g/mol. The molecule has 0 radical (unpaired) electrons. The third kappa shape index (κ3) is 4.42. The third-order valence-electron chi connectivity index (χ3n) is 3.22. The molecule has 0 spiro atoms. The number of para-hydroxylation sites is 2. The van der Waals surface area contributed by atoms with Crippen LogP contribution >= 0.6 is 11.8 Å². The number of hydrogen-bond donors (Lipinski definition) is 0. The number of aliphatic carboxylic acids is 1. The highest BCUT2D eigenvalue weighted by atomic mass is 32.2. The van der Waals surface area contributed by atoms with Crippen LogP contribution in [0.25, 0.3) is 17.2 Å². The molecule has 1 heterocycles. The number of oxazole rings is 1. The first kappa shape index (κ1) is 17.1. The van der Waals surface area contributed by atoms with Gasteiger partial charge in [0.1, 0.15) is 11.3 Å². The number of hydrogen-bond acceptors (Lipinski definition) is 6. The summed E-state index contributed by atoms with van der Waals surface area (Å²) in [6, 6.07) is 14.4. The number of aromatic nitrogens is 1. The molecule has 3 aromatic rings. The second-order valence-electron chi connectivity index (χ2n) is 5.58. The minimum Gasteiger partial charge on any atom is -0.544 e. The van der Waals surface area contributed by atoms with E-state index in [9.17, 15) is 9.90 Å². The van der Waals surface area contributed by atoms with E-state index in [-0.39, 0.29) is 16.2 Å². The SMILES string of the molecule is CC(C)Oc1ccc(/C=C(/Sc2nc3ccccc3o2)C(=O)[O-])cc1. The normalized spacial score (nSPS) is 11.9. The van der Waals surface area contributed by atoms with Gasteiger partial charge in [-0.2, -0.15) is 0 Å². The van der Waals surface area contributed by atoms with E-state index in [4.69, 9.17) is 9.15 Å². The highest BCUT2D eigenvalue weighted by molar-refractivity contribution is 8.03. The highest BCUT2D eigenvalue weighted by Crippen LogP contribution is 2.30. The van der Waals surface area contributed by atoms with Crippen molar-refractivity contribution in [2.24, 2.45) is 0 Å². The molecule has 5 nitrogen and oxygen atoms in total. The molecule has 0 amide bonds. The van der Waals surface area contributed by atoms with Crippen molar-refractivity contribution < 1.29 is 19.1 Å². The summed E-state index contributed by atoms with van der Waals surface area (Å²) in [4.78, 5) is 15.7. The number of carboxylic acids is 1. The molecule has 0 saturated carbocycles. The Kier molecular flexibility index (Phi) is 5.09. The Hall–Kier alpha value is -2.73. The second kappa shape index (κ2) is 7.44. The Morgan fingerprint density at radius 1 is 1.20 bits per heavy atom. The van der Waals surface area contributed by atoms with Gasteiger partial charge in [0.25, 0.3) is 5.22 Å². The zero-order chi connectivity index (χ0) is 17.8. The predicted molar refractivity (Wildman–Crippen MR) is 95.1 cm³/mol. The average molecular weight is 354 g/mol. The van der Waals surface area contributed by atoms with Crippen LogP contribution in [0.5, 0.6) is 5.75 Å². The van der Waals surface area contributed by atoms with Crippen LogP contribution in [0.3, 0.4) is 0 Å². The van der Waals surface area contributed by atoms with E-state index in [2.05, 4.69) is 4.98 Å². The van der Waals surface area contributed by atoms with Gasteiger partial charge in [-0.05, 0) is 61.5 Å². The molecule has 6 heteroatoms. The van der Waals surface area contributed by atoms with Gasteiger partial charge in [-0.3, -0.25) is 0 Å². The lowest BCUT2D eigenvalue weighted by atomic mass is 10.2. The molecule has 0 aliphatic rings. The molecule has 0 N–H and O–H groups in total. The molecule has 0 fully saturated rings. The molecule has 0 unspecified atom stereocenters. The van der Waals surface area contributed by atoms with E-state index < -0.39 is 5.97 Å². The number of rotatable bonds is 6. The van der Waals surface area contributed by atoms with Crippen LogP contribution in [0.1, 0.15) is 19.4 Å². The van der Waals surface area contributed by atoms with E-state index in [0.717, 1.165) is 23.1 Å². The molecule has 2 aromatic carbocycles. The molecule has 0 aliphatic heterocycles. The summed E-state index contributed by atoms with van der Waals surface area (Å²) in [6.07, 6.45) is 1.60. The topological polar surface area (TPSA) is 75.4 Å². The number of carbonyl (C=O) groups excluding carboxylic acids is 1. The van der Waals surface area contributed by atoms with Gasteiger partial charge in [-0.15, -0.1) is 0 Å². The van der Waals surface area contributed by atoms with E-state index in [1.165, 1.54) is 6.08 Å². The minimum absolute atomic E-state index is 0.0177. The quantitative estimate of drug-likeness (QED) is 0.498. The van der Waals surface area contributed by atoms with E-state index in [1.54, 1.807) is 36.4 Å². The van der Waals surface area contributed by atoms with Gasteiger partial charge in [0.05, 0.1) is 12.1 Å². The Bertz CT molecular complexity index is 880. The summed E-state index contributed by atoms with van der Waals surface area (Å²) in [5.41, 5.74) is 2.01. The summed E-state index contributed by atoms with van der Waals surface area (Å²) < 4.78 is 11.1. The molecule has 25 heavy (non-hydrogen) atoms. The summed E-state index contributed by atoms with van der Waals surface area (Å²) in [6.45, 7) is 3.89. The van der Waals surface area contributed by atoms with E-state index in [0.29, 0.717) is 11.1 Å². The second-order valence-corrected chi connectivity index (χ2v) is 6.57. The van der Waals surface area contributed by atoms with Gasteiger partial charge in [0, 0.05) is 4.91 Å². The lowest BCUT2D eigenvalue weighted by Gasteiger charge is -2.10. The molecular weight excluding hydrogens is 338 g/mol. The van der Waals surface area contributed by atoms with E-state index >= 15 is 0 Å². The number of thioether (sulfide) groups is 1. The van der Waals surface area contributed by atoms with E-state index in [1.807, 2.05) is 26.0 Å². The Morgan fingerprint density at radius 3 is 2.56 bits per heavy atom. The van der Waals surface area contributed by atoms with Gasteiger partial charge in [-0.25, -0.2) is 4.98 Å². The zero-order valence-electron chi connectivity index (χ0n) is 13.8. The molecule has 0 atom stereocenters. The van der Waals surface area contributed by atoms with Crippen LogP contribution in [0.15, 0.2) is 63.1 Å². The number of fused-ring (bicyclic) bond motifs is 1. The minimum atomic E-state index is -1.28. The van der Waals surface area contributed by atoms with Gasteiger partial charge in [-0.1, -0.05) is 24.3 Å². The maximum Gasteiger partial charge on any atom is 0.261 e. The fourth-order valence-corrected chi connectivity index (χ4v) is 2.93. The first-order chi connectivity index (χ1) is 12.0. The van der Waals surface area contributed by atoms with Crippen LogP contribution in [-0.2, 0) is 4.79 Å². The summed E-state index contributed by atoms with van der Waals surface area (Å²) in [5.74, 6) is -0.552. The van der Waals surface area contributed by atoms with Crippen molar-refractivity contribution in [3.05, 3.63) is 59.0 Å². The fourth-order valence-electron chi connectivity index (χ4n) is 2.19.